The number of benzene rings is 2. The Bertz CT molecular complexity index is 905. The van der Waals surface area contributed by atoms with Crippen LogP contribution in [0.3, 0.4) is 0 Å². The molecular formula is C18H16F3NO3S. The number of hydrogen-bond donors (Lipinski definition) is 1. The molecule has 0 aliphatic heterocycles. The zero-order valence-corrected chi connectivity index (χ0v) is 14.6. The van der Waals surface area contributed by atoms with Crippen LogP contribution in [0.2, 0.25) is 0 Å². The molecule has 0 fully saturated rings. The minimum absolute atomic E-state index is 0.102. The number of rotatable bonds is 4. The maximum atomic E-state index is 12.5. The van der Waals surface area contributed by atoms with E-state index in [0.717, 1.165) is 17.8 Å². The highest BCUT2D eigenvalue weighted by molar-refractivity contribution is 7.92. The molecular weight excluding hydrogens is 367 g/mol. The first kappa shape index (κ1) is 19.8. The maximum Gasteiger partial charge on any atom is 0.501 e. The van der Waals surface area contributed by atoms with Crippen LogP contribution < -0.4 is 4.90 Å². The van der Waals surface area contributed by atoms with Crippen molar-refractivity contribution in [3.63, 3.8) is 0 Å². The van der Waals surface area contributed by atoms with Crippen molar-refractivity contribution in [2.24, 2.45) is 0 Å². The Hall–Kier alpha value is -2.50. The smallest absolute Gasteiger partial charge is 0.376 e. The molecule has 0 saturated carbocycles. The van der Waals surface area contributed by atoms with Crippen molar-refractivity contribution in [1.82, 2.24) is 0 Å². The summed E-state index contributed by atoms with van der Waals surface area (Å²) in [5.41, 5.74) is -3.43. The average molecular weight is 383 g/mol. The van der Waals surface area contributed by atoms with Gasteiger partial charge in [0.15, 0.2) is 0 Å². The molecule has 2 aromatic carbocycles. The van der Waals surface area contributed by atoms with Gasteiger partial charge in [0.1, 0.15) is 6.73 Å². The number of alkyl halides is 3. The lowest BCUT2D eigenvalue weighted by Gasteiger charge is -2.19. The minimum Gasteiger partial charge on any atom is -0.376 e. The van der Waals surface area contributed by atoms with Gasteiger partial charge >= 0.3 is 5.51 Å². The Labute approximate surface area is 149 Å². The predicted octanol–water partition coefficient (Wildman–Crippen LogP) is 3.16. The molecule has 0 saturated heterocycles. The molecule has 138 valence electrons. The number of anilines is 1. The molecule has 8 heteroatoms. The molecule has 0 heterocycles. The Morgan fingerprint density at radius 1 is 0.962 bits per heavy atom. The maximum absolute atomic E-state index is 12.5. The van der Waals surface area contributed by atoms with Gasteiger partial charge in [-0.15, -0.1) is 0 Å². The Kier molecular flexibility index (Phi) is 5.95. The molecule has 0 amide bonds. The molecule has 0 unspecified atom stereocenters. The van der Waals surface area contributed by atoms with Crippen LogP contribution in [0.15, 0.2) is 53.4 Å². The fraction of sp³-hybridized carbons (Fsp3) is 0.222. The number of sulfone groups is 1. The van der Waals surface area contributed by atoms with Gasteiger partial charge in [-0.25, -0.2) is 8.42 Å². The van der Waals surface area contributed by atoms with Crippen molar-refractivity contribution in [3.8, 4) is 11.8 Å². The van der Waals surface area contributed by atoms with Crippen molar-refractivity contribution in [3.05, 3.63) is 59.7 Å². The van der Waals surface area contributed by atoms with Gasteiger partial charge in [0.2, 0.25) is 0 Å². The molecule has 0 spiro atoms. The second kappa shape index (κ2) is 7.81. The summed E-state index contributed by atoms with van der Waals surface area (Å²) >= 11 is 0. The fourth-order valence-electron chi connectivity index (χ4n) is 2.12. The van der Waals surface area contributed by atoms with E-state index in [0.29, 0.717) is 17.7 Å². The molecule has 1 N–H and O–H groups in total. The van der Waals surface area contributed by atoms with Gasteiger partial charge in [0, 0.05) is 23.4 Å². The first-order valence-electron chi connectivity index (χ1n) is 7.58. The summed E-state index contributed by atoms with van der Waals surface area (Å²) in [4.78, 5) is 0.931. The van der Waals surface area contributed by atoms with Gasteiger partial charge in [0.05, 0.1) is 4.90 Å². The van der Waals surface area contributed by atoms with Crippen molar-refractivity contribution in [2.45, 2.75) is 17.3 Å². The summed E-state index contributed by atoms with van der Waals surface area (Å²) in [5, 5.41) is 9.22. The van der Waals surface area contributed by atoms with E-state index in [9.17, 15) is 26.7 Å². The van der Waals surface area contributed by atoms with Gasteiger partial charge < -0.3 is 10.0 Å². The van der Waals surface area contributed by atoms with E-state index in [4.69, 9.17) is 0 Å². The van der Waals surface area contributed by atoms with E-state index in [1.54, 1.807) is 29.2 Å². The van der Waals surface area contributed by atoms with E-state index >= 15 is 0 Å². The summed E-state index contributed by atoms with van der Waals surface area (Å²) in [7, 11) is -5.35. The molecule has 0 aliphatic rings. The third kappa shape index (κ3) is 4.36. The van der Waals surface area contributed by atoms with Crippen LogP contribution in [-0.2, 0) is 9.84 Å². The second-order valence-corrected chi connectivity index (χ2v) is 7.21. The standard InChI is InChI=1S/C18H16F3NO3S/c1-2-22(13-23)16-9-5-14(6-10-16)3-4-15-7-11-17(12-8-15)26(24,25)18(19,20)21/h5-12,23H,2,13H2,1H3. The van der Waals surface area contributed by atoms with Gasteiger partial charge in [-0.2, -0.15) is 13.2 Å². The summed E-state index contributed by atoms with van der Waals surface area (Å²) in [6.45, 7) is 2.45. The van der Waals surface area contributed by atoms with E-state index in [1.165, 1.54) is 12.1 Å². The molecule has 0 aliphatic carbocycles. The highest BCUT2D eigenvalue weighted by Gasteiger charge is 2.46. The normalized spacial score (nSPS) is 11.6. The van der Waals surface area contributed by atoms with E-state index in [2.05, 4.69) is 11.8 Å². The van der Waals surface area contributed by atoms with E-state index in [-0.39, 0.29) is 6.73 Å². The summed E-state index contributed by atoms with van der Waals surface area (Å²) in [6, 6.07) is 11.3. The van der Waals surface area contributed by atoms with Crippen LogP contribution in [0.5, 0.6) is 0 Å². The van der Waals surface area contributed by atoms with Gasteiger partial charge in [-0.05, 0) is 55.5 Å². The lowest BCUT2D eigenvalue weighted by atomic mass is 10.1. The van der Waals surface area contributed by atoms with Crippen molar-refractivity contribution in [2.75, 3.05) is 18.2 Å². The van der Waals surface area contributed by atoms with Crippen LogP contribution in [0.25, 0.3) is 0 Å². The number of aliphatic hydroxyl groups is 1. The largest absolute Gasteiger partial charge is 0.501 e. The lowest BCUT2D eigenvalue weighted by molar-refractivity contribution is -0.0436. The summed E-state index contributed by atoms with van der Waals surface area (Å²) in [6.07, 6.45) is 0. The molecule has 0 aromatic heterocycles. The Balaban J connectivity index is 2.18. The number of aliphatic hydroxyl groups excluding tert-OH is 1. The van der Waals surface area contributed by atoms with Gasteiger partial charge in [-0.1, -0.05) is 11.8 Å². The highest BCUT2D eigenvalue weighted by atomic mass is 32.2. The molecule has 0 radical (unpaired) electrons. The summed E-state index contributed by atoms with van der Waals surface area (Å²) < 4.78 is 60.1. The number of hydrogen-bond acceptors (Lipinski definition) is 4. The molecule has 26 heavy (non-hydrogen) atoms. The third-order valence-corrected chi connectivity index (χ3v) is 5.11. The first-order valence-corrected chi connectivity index (χ1v) is 9.06. The molecule has 0 atom stereocenters. The van der Waals surface area contributed by atoms with Gasteiger partial charge in [0.25, 0.3) is 9.84 Å². The van der Waals surface area contributed by atoms with Gasteiger partial charge in [-0.3, -0.25) is 0 Å². The molecule has 2 aromatic rings. The zero-order valence-electron chi connectivity index (χ0n) is 13.8. The lowest BCUT2D eigenvalue weighted by Crippen LogP contribution is -2.23. The predicted molar refractivity (Wildman–Crippen MR) is 92.2 cm³/mol. The van der Waals surface area contributed by atoms with E-state index < -0.39 is 20.2 Å². The molecule has 2 rings (SSSR count). The fourth-order valence-corrected chi connectivity index (χ4v) is 2.88. The molecule has 0 bridgehead atoms. The highest BCUT2D eigenvalue weighted by Crippen LogP contribution is 2.30. The first-order chi connectivity index (χ1) is 12.2. The zero-order chi connectivity index (χ0) is 19.4. The Morgan fingerprint density at radius 3 is 1.81 bits per heavy atom. The number of nitrogens with zero attached hydrogens (tertiary/aromatic N) is 1. The monoisotopic (exact) mass is 383 g/mol. The van der Waals surface area contributed by atoms with Crippen molar-refractivity contribution >= 4 is 15.5 Å². The number of halogens is 3. The topological polar surface area (TPSA) is 57.6 Å². The molecule has 4 nitrogen and oxygen atoms in total. The summed E-state index contributed by atoms with van der Waals surface area (Å²) in [5.74, 6) is 5.61. The van der Waals surface area contributed by atoms with E-state index in [1.807, 2.05) is 6.92 Å². The minimum atomic E-state index is -5.35. The second-order valence-electron chi connectivity index (χ2n) is 5.27. The van der Waals surface area contributed by atoms with Crippen molar-refractivity contribution in [1.29, 1.82) is 0 Å². The van der Waals surface area contributed by atoms with Crippen LogP contribution in [-0.4, -0.2) is 32.3 Å². The third-order valence-electron chi connectivity index (χ3n) is 3.61. The van der Waals surface area contributed by atoms with Crippen molar-refractivity contribution < 1.29 is 26.7 Å². The van der Waals surface area contributed by atoms with Crippen LogP contribution in [0, 0.1) is 11.8 Å². The Morgan fingerprint density at radius 2 is 1.42 bits per heavy atom. The SMILES string of the molecule is CCN(CO)c1ccc(C#Cc2ccc(S(=O)(=O)C(F)(F)F)cc2)cc1. The van der Waals surface area contributed by atoms with Crippen LogP contribution in [0.4, 0.5) is 18.9 Å². The quantitative estimate of drug-likeness (QED) is 0.651. The van der Waals surface area contributed by atoms with Crippen LogP contribution in [0.1, 0.15) is 18.1 Å². The average Bonchev–Trinajstić information content (AvgIpc) is 2.61. The van der Waals surface area contributed by atoms with Crippen LogP contribution >= 0.6 is 0 Å².